The van der Waals surface area contributed by atoms with Crippen molar-refractivity contribution in [1.29, 1.82) is 0 Å². The van der Waals surface area contributed by atoms with Crippen LogP contribution in [-0.4, -0.2) is 50.6 Å². The molecule has 0 saturated carbocycles. The molecule has 6 heteroatoms. The zero-order valence-corrected chi connectivity index (χ0v) is 15.6. The van der Waals surface area contributed by atoms with Crippen LogP contribution in [0.4, 0.5) is 0 Å². The van der Waals surface area contributed by atoms with Gasteiger partial charge < -0.3 is 14.2 Å². The Morgan fingerprint density at radius 1 is 1.23 bits per heavy atom. The summed E-state index contributed by atoms with van der Waals surface area (Å²) in [6, 6.07) is 5.17. The van der Waals surface area contributed by atoms with Gasteiger partial charge in [0, 0.05) is 19.4 Å². The molecular weight excluding hydrogens is 332 g/mol. The Kier molecular flexibility index (Phi) is 5.42. The van der Waals surface area contributed by atoms with Gasteiger partial charge in [-0.25, -0.2) is 5.01 Å². The van der Waals surface area contributed by atoms with Gasteiger partial charge in [-0.1, -0.05) is 19.1 Å². The molecule has 1 amide bonds. The second kappa shape index (κ2) is 7.74. The number of carbonyl (C=O) groups excluding carboxylic acids is 1. The van der Waals surface area contributed by atoms with Crippen molar-refractivity contribution in [3.63, 3.8) is 0 Å². The van der Waals surface area contributed by atoms with Crippen molar-refractivity contribution in [1.82, 2.24) is 5.01 Å². The minimum atomic E-state index is -0.201. The third-order valence-electron chi connectivity index (χ3n) is 4.72. The second-order valence-electron chi connectivity index (χ2n) is 6.33. The summed E-state index contributed by atoms with van der Waals surface area (Å²) in [5.41, 5.74) is 2.35. The Morgan fingerprint density at radius 3 is 2.73 bits per heavy atom. The van der Waals surface area contributed by atoms with Gasteiger partial charge in [0.15, 0.2) is 0 Å². The first kappa shape index (κ1) is 18.2. The number of benzene rings is 1. The minimum Gasteiger partial charge on any atom is -0.497 e. The lowest BCUT2D eigenvalue weighted by atomic mass is 9.92. The van der Waals surface area contributed by atoms with Crippen LogP contribution in [0.25, 0.3) is 0 Å². The molecule has 0 fully saturated rings. The van der Waals surface area contributed by atoms with Crippen molar-refractivity contribution >= 4 is 11.6 Å². The summed E-state index contributed by atoms with van der Waals surface area (Å²) in [6.45, 7) is 2.65. The molecule has 1 aliphatic heterocycles. The second-order valence-corrected chi connectivity index (χ2v) is 6.33. The van der Waals surface area contributed by atoms with E-state index in [0.29, 0.717) is 35.9 Å². The Morgan fingerprint density at radius 2 is 2.04 bits per heavy atom. The van der Waals surface area contributed by atoms with Gasteiger partial charge in [-0.2, -0.15) is 5.10 Å². The third kappa shape index (κ3) is 3.51. The van der Waals surface area contributed by atoms with E-state index in [1.807, 2.05) is 0 Å². The first-order valence-corrected chi connectivity index (χ1v) is 8.62. The van der Waals surface area contributed by atoms with Gasteiger partial charge in [-0.3, -0.25) is 4.79 Å². The summed E-state index contributed by atoms with van der Waals surface area (Å²) in [4.78, 5) is 12.9. The van der Waals surface area contributed by atoms with Gasteiger partial charge in [0.25, 0.3) is 5.91 Å². The van der Waals surface area contributed by atoms with Crippen LogP contribution in [0.5, 0.6) is 11.5 Å². The van der Waals surface area contributed by atoms with E-state index in [4.69, 9.17) is 14.2 Å². The Hall–Kier alpha value is -2.60. The molecule has 2 atom stereocenters. The van der Waals surface area contributed by atoms with Gasteiger partial charge in [0.05, 0.1) is 38.1 Å². The zero-order chi connectivity index (χ0) is 18.7. The normalized spacial score (nSPS) is 22.1. The first-order chi connectivity index (χ1) is 12.6. The number of allylic oxidation sites excluding steroid dienone is 2. The molecule has 2 unspecified atom stereocenters. The lowest BCUT2D eigenvalue weighted by Crippen LogP contribution is -2.24. The van der Waals surface area contributed by atoms with E-state index in [2.05, 4.69) is 30.3 Å². The highest BCUT2D eigenvalue weighted by Crippen LogP contribution is 2.28. The van der Waals surface area contributed by atoms with E-state index >= 15 is 0 Å². The van der Waals surface area contributed by atoms with Crippen molar-refractivity contribution in [2.24, 2.45) is 11.0 Å². The molecule has 2 aliphatic rings. The van der Waals surface area contributed by atoms with Gasteiger partial charge in [-0.05, 0) is 29.8 Å². The van der Waals surface area contributed by atoms with Crippen molar-refractivity contribution in [3.05, 3.63) is 47.6 Å². The predicted octanol–water partition coefficient (Wildman–Crippen LogP) is 3.05. The maximum Gasteiger partial charge on any atom is 0.277 e. The number of rotatable bonds is 5. The molecule has 0 bridgehead atoms. The molecule has 0 N–H and O–H groups in total. The van der Waals surface area contributed by atoms with Crippen LogP contribution < -0.4 is 9.47 Å². The molecular formula is C20H24N2O4. The molecule has 26 heavy (non-hydrogen) atoms. The maximum absolute atomic E-state index is 12.9. The predicted molar refractivity (Wildman–Crippen MR) is 99.8 cm³/mol. The molecule has 3 rings (SSSR count). The van der Waals surface area contributed by atoms with E-state index in [0.717, 1.165) is 11.3 Å². The monoisotopic (exact) mass is 356 g/mol. The van der Waals surface area contributed by atoms with E-state index in [-0.39, 0.29) is 12.0 Å². The smallest absolute Gasteiger partial charge is 0.277 e. The topological polar surface area (TPSA) is 60.4 Å². The van der Waals surface area contributed by atoms with E-state index in [1.165, 1.54) is 5.01 Å². The Labute approximate surface area is 153 Å². The SMILES string of the molecule is COc1ccc(OC)c(C(=O)N2CCC(C3=CC(OC)C(C)C=C3)=N2)c1. The van der Waals surface area contributed by atoms with Crippen molar-refractivity contribution < 1.29 is 19.0 Å². The van der Waals surface area contributed by atoms with Crippen LogP contribution in [0.3, 0.4) is 0 Å². The fourth-order valence-electron chi connectivity index (χ4n) is 3.15. The molecule has 1 heterocycles. The number of hydrazone groups is 1. The van der Waals surface area contributed by atoms with Crippen LogP contribution in [0, 0.1) is 5.92 Å². The van der Waals surface area contributed by atoms with E-state index in [9.17, 15) is 4.79 Å². The van der Waals surface area contributed by atoms with Gasteiger partial charge in [0.2, 0.25) is 0 Å². The largest absolute Gasteiger partial charge is 0.497 e. The summed E-state index contributed by atoms with van der Waals surface area (Å²) >= 11 is 0. The fourth-order valence-corrected chi connectivity index (χ4v) is 3.15. The summed E-state index contributed by atoms with van der Waals surface area (Å²) in [7, 11) is 4.81. The van der Waals surface area contributed by atoms with Gasteiger partial charge in [-0.15, -0.1) is 0 Å². The van der Waals surface area contributed by atoms with Gasteiger partial charge >= 0.3 is 0 Å². The van der Waals surface area contributed by atoms with E-state index < -0.39 is 0 Å². The molecule has 6 nitrogen and oxygen atoms in total. The highest BCUT2D eigenvalue weighted by atomic mass is 16.5. The lowest BCUT2D eigenvalue weighted by Gasteiger charge is -2.21. The van der Waals surface area contributed by atoms with Crippen molar-refractivity contribution in [2.75, 3.05) is 27.9 Å². The van der Waals surface area contributed by atoms with Crippen molar-refractivity contribution in [2.45, 2.75) is 19.4 Å². The van der Waals surface area contributed by atoms with Crippen LogP contribution in [-0.2, 0) is 4.74 Å². The number of ether oxygens (including phenoxy) is 3. The van der Waals surface area contributed by atoms with Crippen LogP contribution >= 0.6 is 0 Å². The zero-order valence-electron chi connectivity index (χ0n) is 15.6. The molecule has 0 radical (unpaired) electrons. The van der Waals surface area contributed by atoms with Crippen molar-refractivity contribution in [3.8, 4) is 11.5 Å². The van der Waals surface area contributed by atoms with Crippen LogP contribution in [0.1, 0.15) is 23.7 Å². The molecule has 0 aromatic heterocycles. The van der Waals surface area contributed by atoms with Crippen LogP contribution in [0.2, 0.25) is 0 Å². The average molecular weight is 356 g/mol. The number of hydrogen-bond acceptors (Lipinski definition) is 5. The molecule has 1 aliphatic carbocycles. The summed E-state index contributed by atoms with van der Waals surface area (Å²) in [5, 5.41) is 6.03. The first-order valence-electron chi connectivity index (χ1n) is 8.62. The number of amides is 1. The minimum absolute atomic E-state index is 0.0286. The van der Waals surface area contributed by atoms with E-state index in [1.54, 1.807) is 39.5 Å². The molecule has 1 aromatic carbocycles. The number of methoxy groups -OCH3 is 3. The summed E-state index contributed by atoms with van der Waals surface area (Å²) < 4.78 is 16.0. The molecule has 0 spiro atoms. The van der Waals surface area contributed by atoms with Crippen LogP contribution in [0.15, 0.2) is 47.1 Å². The summed E-state index contributed by atoms with van der Waals surface area (Å²) in [6.07, 6.45) is 6.98. The molecule has 1 aromatic rings. The number of carbonyl (C=O) groups is 1. The Balaban J connectivity index is 1.84. The number of hydrogen-bond donors (Lipinski definition) is 0. The Bertz CT molecular complexity index is 782. The molecule has 0 saturated heterocycles. The highest BCUT2D eigenvalue weighted by molar-refractivity contribution is 6.06. The number of nitrogens with zero attached hydrogens (tertiary/aromatic N) is 2. The average Bonchev–Trinajstić information content (AvgIpc) is 3.17. The third-order valence-corrected chi connectivity index (χ3v) is 4.72. The highest BCUT2D eigenvalue weighted by Gasteiger charge is 2.27. The standard InChI is InChI=1S/C20H24N2O4/c1-13-5-6-14(11-19(13)26-4)17-9-10-22(21-17)20(23)16-12-15(24-2)7-8-18(16)25-3/h5-8,11-13,19H,9-10H2,1-4H3. The fraction of sp³-hybridized carbons (Fsp3) is 0.400. The summed E-state index contributed by atoms with van der Waals surface area (Å²) in [5.74, 6) is 1.23. The lowest BCUT2D eigenvalue weighted by molar-refractivity contribution is 0.0774. The quantitative estimate of drug-likeness (QED) is 0.814. The van der Waals surface area contributed by atoms with Gasteiger partial charge in [0.1, 0.15) is 11.5 Å². The maximum atomic E-state index is 12.9. The molecule has 138 valence electrons.